The van der Waals surface area contributed by atoms with Crippen LogP contribution in [0, 0.1) is 0 Å². The van der Waals surface area contributed by atoms with Crippen LogP contribution in [0.5, 0.6) is 0 Å². The molecular formula is C72H38. The minimum atomic E-state index is 1.24. The normalized spacial score (nSPS) is 12.7. The van der Waals surface area contributed by atoms with Crippen molar-refractivity contribution in [2.75, 3.05) is 0 Å². The van der Waals surface area contributed by atoms with E-state index < -0.39 is 0 Å². The Morgan fingerprint density at radius 1 is 0.153 bits per heavy atom. The molecule has 1 aliphatic carbocycles. The van der Waals surface area contributed by atoms with Gasteiger partial charge in [0.15, 0.2) is 0 Å². The van der Waals surface area contributed by atoms with Gasteiger partial charge in [0.2, 0.25) is 0 Å². The number of rotatable bonds is 3. The van der Waals surface area contributed by atoms with Gasteiger partial charge in [-0.15, -0.1) is 0 Å². The molecule has 17 aromatic carbocycles. The highest BCUT2D eigenvalue weighted by Gasteiger charge is 2.33. The maximum absolute atomic E-state index is 2.48. The monoisotopic (exact) mass is 902 g/mol. The first-order valence-electron chi connectivity index (χ1n) is 25.3. The zero-order chi connectivity index (χ0) is 46.5. The number of hydrogen-bond acceptors (Lipinski definition) is 0. The molecule has 17 aromatic rings. The molecule has 0 heteroatoms. The van der Waals surface area contributed by atoms with E-state index in [1.807, 2.05) is 0 Å². The lowest BCUT2D eigenvalue weighted by Gasteiger charge is -2.21. The Hall–Kier alpha value is -9.36. The van der Waals surface area contributed by atoms with Gasteiger partial charge in [-0.05, 0) is 203 Å². The molecule has 0 N–H and O–H groups in total. The molecule has 0 unspecified atom stereocenters. The summed E-state index contributed by atoms with van der Waals surface area (Å²) in [6.07, 6.45) is 0. The Bertz CT molecular complexity index is 5210. The molecule has 0 saturated carbocycles. The predicted molar refractivity (Wildman–Crippen MR) is 311 cm³/mol. The SMILES string of the molecule is c1ccc(-c2c3c(c(-c4ccc5ccccc5c4)c4cc5ccccc5cc24)-c2ccc4c5ccc6c7c(ccc(c8ccc-3c2c84)c57)c2c(-c3ccccc3)c3cccc4c5ccccc5c(c34)c62)cc1. The second-order valence-corrected chi connectivity index (χ2v) is 20.5. The Morgan fingerprint density at radius 3 is 1.21 bits per heavy atom. The van der Waals surface area contributed by atoms with Crippen LogP contribution in [0.15, 0.2) is 231 Å². The van der Waals surface area contributed by atoms with E-state index in [0.29, 0.717) is 0 Å². The van der Waals surface area contributed by atoms with E-state index in [1.165, 1.54) is 185 Å². The van der Waals surface area contributed by atoms with Crippen LogP contribution in [0.4, 0.5) is 0 Å². The molecule has 72 heavy (non-hydrogen) atoms. The molecule has 0 aromatic heterocycles. The van der Waals surface area contributed by atoms with Crippen molar-refractivity contribution in [1.29, 1.82) is 0 Å². The van der Waals surface area contributed by atoms with E-state index >= 15 is 0 Å². The van der Waals surface area contributed by atoms with Crippen molar-refractivity contribution >= 4 is 129 Å². The minimum Gasteiger partial charge on any atom is -0.0622 e. The summed E-state index contributed by atoms with van der Waals surface area (Å²) in [6.45, 7) is 0. The first-order valence-corrected chi connectivity index (χ1v) is 25.3. The smallest absolute Gasteiger partial charge is 0.000696 e. The van der Waals surface area contributed by atoms with E-state index in [1.54, 1.807) is 0 Å². The Balaban J connectivity index is 1.01. The standard InChI is InChI=1S/C72H38/c1-3-15-40(16-4-1)60-53-25-13-24-47-46-22-11-12-23-48(46)68(65(47)53)72-57-35-31-52-50-30-34-56-66-55(33-29-49(63(50)66)51-28-32-54(69(60)72)67(57)64(51)52)70-61(41-17-5-2-6-18-41)58-37-43-20-9-10-21-44(43)38-59(58)62(71(56)70)45-27-26-39-14-7-8-19-42(39)36-45/h1-38H. The molecule has 0 nitrogen and oxygen atoms in total. The molecule has 0 amide bonds. The van der Waals surface area contributed by atoms with Crippen LogP contribution < -0.4 is 0 Å². The zero-order valence-corrected chi connectivity index (χ0v) is 38.9. The maximum Gasteiger partial charge on any atom is -0.000696 e. The van der Waals surface area contributed by atoms with Crippen LogP contribution in [0.2, 0.25) is 0 Å². The van der Waals surface area contributed by atoms with Crippen LogP contribution in [0.25, 0.3) is 185 Å². The van der Waals surface area contributed by atoms with Crippen LogP contribution in [0.1, 0.15) is 0 Å². The van der Waals surface area contributed by atoms with Crippen molar-refractivity contribution in [2.24, 2.45) is 0 Å². The highest BCUT2D eigenvalue weighted by molar-refractivity contribution is 6.51. The number of hydrogen-bond donors (Lipinski definition) is 0. The van der Waals surface area contributed by atoms with Gasteiger partial charge < -0.3 is 0 Å². The van der Waals surface area contributed by atoms with Gasteiger partial charge in [0, 0.05) is 0 Å². The van der Waals surface area contributed by atoms with E-state index in [2.05, 4.69) is 231 Å². The molecule has 0 bridgehead atoms. The maximum atomic E-state index is 2.48. The van der Waals surface area contributed by atoms with Gasteiger partial charge >= 0.3 is 0 Å². The van der Waals surface area contributed by atoms with Crippen LogP contribution in [-0.2, 0) is 0 Å². The van der Waals surface area contributed by atoms with Crippen LogP contribution in [0.3, 0.4) is 0 Å². The molecule has 0 heterocycles. The molecule has 0 saturated heterocycles. The van der Waals surface area contributed by atoms with Gasteiger partial charge in [-0.2, -0.15) is 0 Å². The molecular weight excluding hydrogens is 865 g/mol. The van der Waals surface area contributed by atoms with Gasteiger partial charge in [-0.3, -0.25) is 0 Å². The lowest BCUT2D eigenvalue weighted by atomic mass is 9.81. The summed E-state index contributed by atoms with van der Waals surface area (Å²) in [7, 11) is 0. The molecule has 0 aliphatic heterocycles. The first kappa shape index (κ1) is 37.5. The molecule has 18 rings (SSSR count). The third-order valence-corrected chi connectivity index (χ3v) is 17.1. The number of benzene rings is 15. The fraction of sp³-hybridized carbons (Fsp3) is 0. The predicted octanol–water partition coefficient (Wildman–Crippen LogP) is 20.5. The van der Waals surface area contributed by atoms with Gasteiger partial charge in [0.05, 0.1) is 0 Å². The third kappa shape index (κ3) is 4.51. The van der Waals surface area contributed by atoms with Crippen molar-refractivity contribution in [3.05, 3.63) is 231 Å². The summed E-state index contributed by atoms with van der Waals surface area (Å²) >= 11 is 0. The summed E-state index contributed by atoms with van der Waals surface area (Å²) in [6, 6.07) is 87.8. The third-order valence-electron chi connectivity index (χ3n) is 17.1. The largest absolute Gasteiger partial charge is 0.0622 e. The summed E-state index contributed by atoms with van der Waals surface area (Å²) in [5.41, 5.74) is 13.0. The van der Waals surface area contributed by atoms with E-state index in [9.17, 15) is 0 Å². The number of fused-ring (bicyclic) bond motifs is 15. The lowest BCUT2D eigenvalue weighted by molar-refractivity contribution is 1.64. The molecule has 0 radical (unpaired) electrons. The average Bonchev–Trinajstić information content (AvgIpc) is 4.08. The summed E-state index contributed by atoms with van der Waals surface area (Å²) in [5.74, 6) is 0. The Kier molecular flexibility index (Phi) is 6.92. The minimum absolute atomic E-state index is 1.24. The van der Waals surface area contributed by atoms with E-state index in [-0.39, 0.29) is 0 Å². The van der Waals surface area contributed by atoms with Crippen molar-refractivity contribution in [3.63, 3.8) is 0 Å². The summed E-state index contributed by atoms with van der Waals surface area (Å²) in [5, 5.41) is 31.8. The first-order chi connectivity index (χ1) is 35.8. The summed E-state index contributed by atoms with van der Waals surface area (Å²) in [4.78, 5) is 0. The fourth-order valence-electron chi connectivity index (χ4n) is 14.4. The summed E-state index contributed by atoms with van der Waals surface area (Å²) < 4.78 is 0. The van der Waals surface area contributed by atoms with E-state index in [0.717, 1.165) is 0 Å². The average molecular weight is 903 g/mol. The lowest BCUT2D eigenvalue weighted by Crippen LogP contribution is -1.94. The van der Waals surface area contributed by atoms with E-state index in [4.69, 9.17) is 0 Å². The Labute approximate surface area is 413 Å². The molecule has 0 atom stereocenters. The highest BCUT2D eigenvalue weighted by atomic mass is 14.4. The Morgan fingerprint density at radius 2 is 0.556 bits per heavy atom. The van der Waals surface area contributed by atoms with Gasteiger partial charge in [0.25, 0.3) is 0 Å². The second kappa shape index (κ2) is 13.3. The van der Waals surface area contributed by atoms with Crippen molar-refractivity contribution in [3.8, 4) is 55.6 Å². The highest BCUT2D eigenvalue weighted by Crippen LogP contribution is 2.61. The zero-order valence-electron chi connectivity index (χ0n) is 38.9. The van der Waals surface area contributed by atoms with Crippen molar-refractivity contribution < 1.29 is 0 Å². The van der Waals surface area contributed by atoms with Gasteiger partial charge in [-0.1, -0.05) is 212 Å². The van der Waals surface area contributed by atoms with Gasteiger partial charge in [-0.25, -0.2) is 0 Å². The topological polar surface area (TPSA) is 0 Å². The van der Waals surface area contributed by atoms with Crippen molar-refractivity contribution in [1.82, 2.24) is 0 Å². The quantitative estimate of drug-likeness (QED) is 0.122. The van der Waals surface area contributed by atoms with Crippen molar-refractivity contribution in [2.45, 2.75) is 0 Å². The molecule has 326 valence electrons. The second-order valence-electron chi connectivity index (χ2n) is 20.5. The van der Waals surface area contributed by atoms with Crippen LogP contribution >= 0.6 is 0 Å². The van der Waals surface area contributed by atoms with Crippen LogP contribution in [-0.4, -0.2) is 0 Å². The van der Waals surface area contributed by atoms with Gasteiger partial charge in [0.1, 0.15) is 0 Å². The molecule has 1 aliphatic rings. The molecule has 0 spiro atoms. The fourth-order valence-corrected chi connectivity index (χ4v) is 14.4. The molecule has 0 fully saturated rings.